The second-order valence-electron chi connectivity index (χ2n) is 6.49. The maximum absolute atomic E-state index is 12.9. The van der Waals surface area contributed by atoms with Crippen LogP contribution in [0.2, 0.25) is 0 Å². The van der Waals surface area contributed by atoms with E-state index in [0.29, 0.717) is 19.6 Å². The van der Waals surface area contributed by atoms with Gasteiger partial charge in [-0.2, -0.15) is 4.31 Å². The van der Waals surface area contributed by atoms with E-state index in [1.165, 1.54) is 29.6 Å². The molecule has 1 saturated heterocycles. The van der Waals surface area contributed by atoms with E-state index in [0.717, 1.165) is 0 Å². The predicted molar refractivity (Wildman–Crippen MR) is 99.4 cm³/mol. The summed E-state index contributed by atoms with van der Waals surface area (Å²) in [4.78, 5) is -0.0639. The van der Waals surface area contributed by atoms with Crippen molar-refractivity contribution in [1.82, 2.24) is 4.31 Å². The molecule has 1 N–H and O–H groups in total. The van der Waals surface area contributed by atoms with Gasteiger partial charge in [0, 0.05) is 13.1 Å². The van der Waals surface area contributed by atoms with E-state index in [1.54, 1.807) is 0 Å². The first kappa shape index (κ1) is 20.9. The number of sulfonamides is 2. The lowest BCUT2D eigenvalue weighted by molar-refractivity contribution is 0.0729. The molecule has 0 amide bonds. The number of methoxy groups -OCH3 is 1. The van der Waals surface area contributed by atoms with Gasteiger partial charge < -0.3 is 9.47 Å². The lowest BCUT2D eigenvalue weighted by Gasteiger charge is -2.26. The van der Waals surface area contributed by atoms with Crippen LogP contribution >= 0.6 is 0 Å². The molecule has 0 saturated carbocycles. The molecule has 1 aromatic rings. The molecule has 0 atom stereocenters. The molecule has 0 spiro atoms. The highest BCUT2D eigenvalue weighted by molar-refractivity contribution is 7.92. The van der Waals surface area contributed by atoms with Crippen LogP contribution in [0.3, 0.4) is 0 Å². The van der Waals surface area contributed by atoms with Crippen LogP contribution in [0.5, 0.6) is 5.75 Å². The van der Waals surface area contributed by atoms with Gasteiger partial charge in [-0.25, -0.2) is 16.8 Å². The van der Waals surface area contributed by atoms with Gasteiger partial charge in [0.1, 0.15) is 10.6 Å². The summed E-state index contributed by atoms with van der Waals surface area (Å²) < 4.78 is 64.4. The minimum Gasteiger partial charge on any atom is -0.495 e. The maximum atomic E-state index is 12.9. The fourth-order valence-electron chi connectivity index (χ4n) is 2.49. The molecule has 0 radical (unpaired) electrons. The first-order chi connectivity index (χ1) is 12.2. The van der Waals surface area contributed by atoms with Crippen LogP contribution in [0.15, 0.2) is 23.1 Å². The standard InChI is InChI=1S/C16H26N2O6S2/c1-13(2)6-11-25(19,20)17-14-4-5-15(23-3)16(12-14)26(21,22)18-7-9-24-10-8-18/h4-5,12-13,17H,6-11H2,1-3H3. The summed E-state index contributed by atoms with van der Waals surface area (Å²) in [5.74, 6) is 0.392. The number of benzene rings is 1. The van der Waals surface area contributed by atoms with Crippen molar-refractivity contribution in [3.63, 3.8) is 0 Å². The Hall–Kier alpha value is -1.36. The van der Waals surface area contributed by atoms with Crippen molar-refractivity contribution < 1.29 is 26.3 Å². The Morgan fingerprint density at radius 3 is 2.42 bits per heavy atom. The van der Waals surface area contributed by atoms with Crippen LogP contribution in [-0.4, -0.2) is 60.3 Å². The Balaban J connectivity index is 2.31. The largest absolute Gasteiger partial charge is 0.495 e. The Kier molecular flexibility index (Phi) is 6.89. The SMILES string of the molecule is COc1ccc(NS(=O)(=O)CCC(C)C)cc1S(=O)(=O)N1CCOCC1. The van der Waals surface area contributed by atoms with Crippen LogP contribution in [0.1, 0.15) is 20.3 Å². The molecule has 1 heterocycles. The molecule has 0 aromatic heterocycles. The fourth-order valence-corrected chi connectivity index (χ4v) is 5.45. The summed E-state index contributed by atoms with van der Waals surface area (Å²) in [6, 6.07) is 4.24. The Morgan fingerprint density at radius 1 is 1.19 bits per heavy atom. The third kappa shape index (κ3) is 5.32. The van der Waals surface area contributed by atoms with Gasteiger partial charge in [0.2, 0.25) is 20.0 Å². The number of ether oxygens (including phenoxy) is 2. The molecule has 1 aliphatic rings. The molecular formula is C16H26N2O6S2. The molecular weight excluding hydrogens is 380 g/mol. The molecule has 148 valence electrons. The number of rotatable bonds is 8. The quantitative estimate of drug-likeness (QED) is 0.702. The molecule has 26 heavy (non-hydrogen) atoms. The lowest BCUT2D eigenvalue weighted by Crippen LogP contribution is -2.40. The normalized spacial score (nSPS) is 16.6. The van der Waals surface area contributed by atoms with Gasteiger partial charge in [-0.3, -0.25) is 4.72 Å². The van der Waals surface area contributed by atoms with Crippen molar-refractivity contribution >= 4 is 25.7 Å². The molecule has 2 rings (SSSR count). The number of hydrogen-bond acceptors (Lipinski definition) is 6. The van der Waals surface area contributed by atoms with E-state index in [-0.39, 0.29) is 41.1 Å². The zero-order chi connectivity index (χ0) is 19.4. The Labute approximate surface area is 155 Å². The lowest BCUT2D eigenvalue weighted by atomic mass is 10.2. The number of morpholine rings is 1. The van der Waals surface area contributed by atoms with Crippen LogP contribution < -0.4 is 9.46 Å². The number of nitrogens with zero attached hydrogens (tertiary/aromatic N) is 1. The number of anilines is 1. The molecule has 0 unspecified atom stereocenters. The number of nitrogens with one attached hydrogen (secondary N) is 1. The van der Waals surface area contributed by atoms with E-state index in [4.69, 9.17) is 9.47 Å². The highest BCUT2D eigenvalue weighted by Crippen LogP contribution is 2.30. The molecule has 8 nitrogen and oxygen atoms in total. The molecule has 10 heteroatoms. The first-order valence-electron chi connectivity index (χ1n) is 8.42. The monoisotopic (exact) mass is 406 g/mol. The first-order valence-corrected chi connectivity index (χ1v) is 11.5. The van der Waals surface area contributed by atoms with Gasteiger partial charge in [0.15, 0.2) is 0 Å². The minimum atomic E-state index is -3.82. The van der Waals surface area contributed by atoms with Gasteiger partial charge in [0.25, 0.3) is 0 Å². The van der Waals surface area contributed by atoms with Gasteiger partial charge in [0.05, 0.1) is 31.8 Å². The topological polar surface area (TPSA) is 102 Å². The van der Waals surface area contributed by atoms with Crippen molar-refractivity contribution in [2.75, 3.05) is 43.9 Å². The summed E-state index contributed by atoms with van der Waals surface area (Å²) in [6.45, 7) is 5.02. The van der Waals surface area contributed by atoms with Crippen molar-refractivity contribution in [3.05, 3.63) is 18.2 Å². The zero-order valence-corrected chi connectivity index (χ0v) is 16.9. The molecule has 1 aliphatic heterocycles. The molecule has 0 bridgehead atoms. The minimum absolute atomic E-state index is 0.0256. The summed E-state index contributed by atoms with van der Waals surface area (Å²) in [6.07, 6.45) is 0.518. The van der Waals surface area contributed by atoms with Crippen molar-refractivity contribution in [3.8, 4) is 5.75 Å². The van der Waals surface area contributed by atoms with E-state index >= 15 is 0 Å². The average molecular weight is 407 g/mol. The van der Waals surface area contributed by atoms with Crippen LogP contribution in [0.4, 0.5) is 5.69 Å². The van der Waals surface area contributed by atoms with Gasteiger partial charge in [-0.15, -0.1) is 0 Å². The van der Waals surface area contributed by atoms with E-state index < -0.39 is 20.0 Å². The van der Waals surface area contributed by atoms with E-state index in [9.17, 15) is 16.8 Å². The molecule has 1 aromatic carbocycles. The zero-order valence-electron chi connectivity index (χ0n) is 15.3. The summed E-state index contributed by atoms with van der Waals surface area (Å²) in [7, 11) is -6.00. The summed E-state index contributed by atoms with van der Waals surface area (Å²) >= 11 is 0. The highest BCUT2D eigenvalue weighted by atomic mass is 32.2. The summed E-state index contributed by atoms with van der Waals surface area (Å²) in [5.41, 5.74) is 0.196. The van der Waals surface area contributed by atoms with E-state index in [2.05, 4.69) is 4.72 Å². The predicted octanol–water partition coefficient (Wildman–Crippen LogP) is 1.50. The van der Waals surface area contributed by atoms with Gasteiger partial charge in [-0.05, 0) is 30.5 Å². The van der Waals surface area contributed by atoms with Crippen LogP contribution in [0, 0.1) is 5.92 Å². The van der Waals surface area contributed by atoms with Crippen molar-refractivity contribution in [2.45, 2.75) is 25.2 Å². The smallest absolute Gasteiger partial charge is 0.246 e. The maximum Gasteiger partial charge on any atom is 0.246 e. The van der Waals surface area contributed by atoms with Crippen molar-refractivity contribution in [1.29, 1.82) is 0 Å². The van der Waals surface area contributed by atoms with Gasteiger partial charge in [-0.1, -0.05) is 13.8 Å². The van der Waals surface area contributed by atoms with Crippen LogP contribution in [-0.2, 0) is 24.8 Å². The van der Waals surface area contributed by atoms with Gasteiger partial charge >= 0.3 is 0 Å². The van der Waals surface area contributed by atoms with E-state index in [1.807, 2.05) is 13.8 Å². The highest BCUT2D eigenvalue weighted by Gasteiger charge is 2.29. The fraction of sp³-hybridized carbons (Fsp3) is 0.625. The molecule has 0 aliphatic carbocycles. The number of hydrogen-bond donors (Lipinski definition) is 1. The van der Waals surface area contributed by atoms with Crippen molar-refractivity contribution in [2.24, 2.45) is 5.92 Å². The summed E-state index contributed by atoms with van der Waals surface area (Å²) in [5, 5.41) is 0. The third-order valence-electron chi connectivity index (χ3n) is 3.99. The molecule has 1 fully saturated rings. The Morgan fingerprint density at radius 2 is 1.85 bits per heavy atom. The van der Waals surface area contributed by atoms with Crippen LogP contribution in [0.25, 0.3) is 0 Å². The second kappa shape index (κ2) is 8.55. The average Bonchev–Trinajstić information content (AvgIpc) is 2.60. The second-order valence-corrected chi connectivity index (χ2v) is 10.2. The third-order valence-corrected chi connectivity index (χ3v) is 7.23. The Bertz CT molecular complexity index is 815.